The van der Waals surface area contributed by atoms with Crippen molar-refractivity contribution in [3.8, 4) is 5.75 Å². The average molecular weight is 440 g/mol. The van der Waals surface area contributed by atoms with E-state index in [1.165, 1.54) is 17.6 Å². The molecule has 7 nitrogen and oxygen atoms in total. The van der Waals surface area contributed by atoms with Crippen LogP contribution in [-0.2, 0) is 0 Å². The van der Waals surface area contributed by atoms with E-state index in [2.05, 4.69) is 27.7 Å². The number of hydrogen-bond donors (Lipinski definition) is 2. The second-order valence-corrected chi connectivity index (χ2v) is 8.54. The molecule has 1 aromatic carbocycles. The number of aryl methyl sites for hydroxylation is 1. The van der Waals surface area contributed by atoms with Crippen LogP contribution in [-0.4, -0.2) is 38.1 Å². The summed E-state index contributed by atoms with van der Waals surface area (Å²) in [6.45, 7) is 3.64. The molecule has 3 heterocycles. The van der Waals surface area contributed by atoms with Crippen molar-refractivity contribution in [1.29, 1.82) is 0 Å². The van der Waals surface area contributed by atoms with E-state index in [4.69, 9.17) is 9.15 Å². The van der Waals surface area contributed by atoms with Gasteiger partial charge in [0.25, 0.3) is 11.8 Å². The van der Waals surface area contributed by atoms with Gasteiger partial charge in [-0.25, -0.2) is 0 Å². The van der Waals surface area contributed by atoms with Crippen LogP contribution >= 0.6 is 11.3 Å². The highest BCUT2D eigenvalue weighted by Gasteiger charge is 2.23. The first kappa shape index (κ1) is 21.0. The van der Waals surface area contributed by atoms with Crippen molar-refractivity contribution in [2.24, 2.45) is 0 Å². The Kier molecular flexibility index (Phi) is 6.27. The highest BCUT2D eigenvalue weighted by atomic mass is 32.1. The van der Waals surface area contributed by atoms with Crippen molar-refractivity contribution in [3.05, 3.63) is 64.9 Å². The van der Waals surface area contributed by atoms with Gasteiger partial charge in [-0.1, -0.05) is 0 Å². The van der Waals surface area contributed by atoms with Crippen LogP contribution in [0.5, 0.6) is 5.75 Å². The number of methoxy groups -OCH3 is 1. The molecule has 0 atom stereocenters. The SMILES string of the molecule is COc1ccc(N2CCC(NC(=O)c3sc(NC(=O)c4ccco4)cc3C)CC2)cc1. The van der Waals surface area contributed by atoms with Crippen LogP contribution in [0.1, 0.15) is 38.6 Å². The molecule has 0 aliphatic carbocycles. The summed E-state index contributed by atoms with van der Waals surface area (Å²) in [4.78, 5) is 27.9. The van der Waals surface area contributed by atoms with Gasteiger partial charge in [-0.2, -0.15) is 0 Å². The Labute approximate surface area is 185 Å². The first-order valence-electron chi connectivity index (χ1n) is 10.2. The minimum Gasteiger partial charge on any atom is -0.497 e. The molecule has 0 bridgehead atoms. The van der Waals surface area contributed by atoms with Crippen LogP contribution in [0.15, 0.2) is 53.1 Å². The fourth-order valence-corrected chi connectivity index (χ4v) is 4.65. The minimum absolute atomic E-state index is 0.0936. The molecule has 2 amide bonds. The highest BCUT2D eigenvalue weighted by Crippen LogP contribution is 2.28. The molecule has 31 heavy (non-hydrogen) atoms. The van der Waals surface area contributed by atoms with Crippen molar-refractivity contribution >= 4 is 33.8 Å². The highest BCUT2D eigenvalue weighted by molar-refractivity contribution is 7.18. The van der Waals surface area contributed by atoms with Crippen molar-refractivity contribution in [2.75, 3.05) is 30.4 Å². The number of furan rings is 1. The average Bonchev–Trinajstić information content (AvgIpc) is 3.44. The predicted molar refractivity (Wildman–Crippen MR) is 121 cm³/mol. The van der Waals surface area contributed by atoms with E-state index in [1.54, 1.807) is 19.2 Å². The number of nitrogens with one attached hydrogen (secondary N) is 2. The zero-order valence-corrected chi connectivity index (χ0v) is 18.3. The van der Waals surface area contributed by atoms with Gasteiger partial charge in [0.05, 0.1) is 23.3 Å². The predicted octanol–water partition coefficient (Wildman–Crippen LogP) is 4.31. The van der Waals surface area contributed by atoms with Gasteiger partial charge in [0, 0.05) is 24.8 Å². The number of hydrogen-bond acceptors (Lipinski definition) is 6. The Morgan fingerprint density at radius 3 is 2.52 bits per heavy atom. The Morgan fingerprint density at radius 1 is 1.13 bits per heavy atom. The lowest BCUT2D eigenvalue weighted by atomic mass is 10.0. The topological polar surface area (TPSA) is 83.8 Å². The van der Waals surface area contributed by atoms with E-state index in [9.17, 15) is 9.59 Å². The summed E-state index contributed by atoms with van der Waals surface area (Å²) in [7, 11) is 1.66. The summed E-state index contributed by atoms with van der Waals surface area (Å²) < 4.78 is 10.3. The molecule has 1 aliphatic heterocycles. The van der Waals surface area contributed by atoms with E-state index in [-0.39, 0.29) is 23.6 Å². The molecule has 8 heteroatoms. The monoisotopic (exact) mass is 439 g/mol. The largest absolute Gasteiger partial charge is 0.497 e. The van der Waals surface area contributed by atoms with E-state index < -0.39 is 0 Å². The number of thiophene rings is 1. The third-order valence-electron chi connectivity index (χ3n) is 5.37. The van der Waals surface area contributed by atoms with Crippen LogP contribution < -0.4 is 20.3 Å². The molecule has 4 rings (SSSR count). The number of rotatable bonds is 6. The van der Waals surface area contributed by atoms with Crippen molar-refractivity contribution in [3.63, 3.8) is 0 Å². The number of carbonyl (C=O) groups excluding carboxylic acids is 2. The first-order chi connectivity index (χ1) is 15.0. The van der Waals surface area contributed by atoms with E-state index in [0.29, 0.717) is 9.88 Å². The van der Waals surface area contributed by atoms with Crippen LogP contribution in [0.3, 0.4) is 0 Å². The van der Waals surface area contributed by atoms with Gasteiger partial charge in [-0.3, -0.25) is 9.59 Å². The summed E-state index contributed by atoms with van der Waals surface area (Å²) in [5.41, 5.74) is 2.00. The zero-order valence-electron chi connectivity index (χ0n) is 17.5. The normalized spacial score (nSPS) is 14.3. The van der Waals surface area contributed by atoms with Gasteiger partial charge >= 0.3 is 0 Å². The van der Waals surface area contributed by atoms with Crippen LogP contribution in [0.4, 0.5) is 10.7 Å². The van der Waals surface area contributed by atoms with Crippen LogP contribution in [0.2, 0.25) is 0 Å². The lowest BCUT2D eigenvalue weighted by Gasteiger charge is -2.34. The maximum Gasteiger partial charge on any atom is 0.291 e. The zero-order chi connectivity index (χ0) is 21.8. The van der Waals surface area contributed by atoms with Gasteiger partial charge in [0.15, 0.2) is 5.76 Å². The summed E-state index contributed by atoms with van der Waals surface area (Å²) in [6.07, 6.45) is 3.21. The van der Waals surface area contributed by atoms with Crippen LogP contribution in [0.25, 0.3) is 0 Å². The molecule has 1 aliphatic rings. The van der Waals surface area contributed by atoms with Gasteiger partial charge < -0.3 is 24.7 Å². The van der Waals surface area contributed by atoms with Crippen molar-refractivity contribution in [1.82, 2.24) is 5.32 Å². The number of carbonyl (C=O) groups is 2. The maximum absolute atomic E-state index is 12.8. The second-order valence-electron chi connectivity index (χ2n) is 7.49. The Morgan fingerprint density at radius 2 is 1.87 bits per heavy atom. The lowest BCUT2D eigenvalue weighted by molar-refractivity contribution is 0.0933. The van der Waals surface area contributed by atoms with Crippen molar-refractivity contribution in [2.45, 2.75) is 25.8 Å². The number of piperidine rings is 1. The van der Waals surface area contributed by atoms with E-state index >= 15 is 0 Å². The summed E-state index contributed by atoms with van der Waals surface area (Å²) in [5.74, 6) is 0.658. The summed E-state index contributed by atoms with van der Waals surface area (Å²) in [5, 5.41) is 6.56. The quantitative estimate of drug-likeness (QED) is 0.598. The molecule has 0 radical (unpaired) electrons. The number of benzene rings is 1. The molecule has 1 saturated heterocycles. The third-order valence-corrected chi connectivity index (χ3v) is 6.52. The van der Waals surface area contributed by atoms with Gasteiger partial charge in [0.1, 0.15) is 5.75 Å². The maximum atomic E-state index is 12.8. The van der Waals surface area contributed by atoms with E-state index in [1.807, 2.05) is 25.1 Å². The lowest BCUT2D eigenvalue weighted by Crippen LogP contribution is -2.44. The van der Waals surface area contributed by atoms with Gasteiger partial charge in [0.2, 0.25) is 0 Å². The van der Waals surface area contributed by atoms with Crippen LogP contribution in [0, 0.1) is 6.92 Å². The fourth-order valence-electron chi connectivity index (χ4n) is 3.68. The van der Waals surface area contributed by atoms with Gasteiger partial charge in [-0.05, 0) is 67.8 Å². The van der Waals surface area contributed by atoms with Gasteiger partial charge in [-0.15, -0.1) is 11.3 Å². The third kappa shape index (κ3) is 4.91. The molecule has 1 fully saturated rings. The standard InChI is InChI=1S/C23H25N3O4S/c1-15-14-20(25-22(27)19-4-3-13-30-19)31-21(15)23(28)24-16-9-11-26(12-10-16)17-5-7-18(29-2)8-6-17/h3-8,13-14,16H,9-12H2,1-2H3,(H,24,28)(H,25,27). The Hall–Kier alpha value is -3.26. The Bertz CT molecular complexity index is 1040. The molecular weight excluding hydrogens is 414 g/mol. The second kappa shape index (κ2) is 9.26. The summed E-state index contributed by atoms with van der Waals surface area (Å²) in [6, 6.07) is 13.2. The summed E-state index contributed by atoms with van der Waals surface area (Å²) >= 11 is 1.27. The molecule has 0 spiro atoms. The number of nitrogens with zero attached hydrogens (tertiary/aromatic N) is 1. The molecule has 2 aromatic heterocycles. The van der Waals surface area contributed by atoms with E-state index in [0.717, 1.165) is 42.9 Å². The minimum atomic E-state index is -0.330. The molecule has 0 saturated carbocycles. The molecular formula is C23H25N3O4S. The molecule has 3 aromatic rings. The number of amides is 2. The number of ether oxygens (including phenoxy) is 1. The smallest absolute Gasteiger partial charge is 0.291 e. The first-order valence-corrected chi connectivity index (χ1v) is 11.0. The molecule has 162 valence electrons. The molecule has 0 unspecified atom stereocenters. The molecule has 2 N–H and O–H groups in total. The van der Waals surface area contributed by atoms with Crippen molar-refractivity contribution < 1.29 is 18.7 Å². The fraction of sp³-hybridized carbons (Fsp3) is 0.304. The number of anilines is 2. The Balaban J connectivity index is 1.31.